The van der Waals surface area contributed by atoms with Crippen molar-refractivity contribution in [1.82, 2.24) is 14.7 Å². The Kier molecular flexibility index (Phi) is 5.44. The highest BCUT2D eigenvalue weighted by atomic mass is 19.1. The second-order valence-electron chi connectivity index (χ2n) is 6.52. The van der Waals surface area contributed by atoms with Crippen LogP contribution in [0, 0.1) is 5.82 Å². The Labute approximate surface area is 167 Å². The molecule has 0 saturated heterocycles. The maximum absolute atomic E-state index is 14.6. The minimum absolute atomic E-state index is 0.187. The Morgan fingerprint density at radius 2 is 2.10 bits per heavy atom. The van der Waals surface area contributed by atoms with E-state index in [-0.39, 0.29) is 24.0 Å². The Morgan fingerprint density at radius 3 is 2.86 bits per heavy atom. The van der Waals surface area contributed by atoms with E-state index in [0.29, 0.717) is 31.2 Å². The molecule has 0 N–H and O–H groups in total. The largest absolute Gasteiger partial charge is 0.454 e. The highest BCUT2D eigenvalue weighted by Crippen LogP contribution is 2.33. The summed E-state index contributed by atoms with van der Waals surface area (Å²) >= 11 is 0. The number of carbonyl (C=O) groups excluding carboxylic acids is 1. The van der Waals surface area contributed by atoms with Crippen LogP contribution in [-0.2, 0) is 11.3 Å². The number of benzene rings is 2. The van der Waals surface area contributed by atoms with E-state index in [0.717, 1.165) is 5.56 Å². The van der Waals surface area contributed by atoms with Crippen LogP contribution in [0.15, 0.2) is 54.9 Å². The Morgan fingerprint density at radius 1 is 1.24 bits per heavy atom. The van der Waals surface area contributed by atoms with Gasteiger partial charge in [-0.15, -0.1) is 0 Å². The summed E-state index contributed by atoms with van der Waals surface area (Å²) in [6.07, 6.45) is 3.21. The van der Waals surface area contributed by atoms with Gasteiger partial charge in [0.15, 0.2) is 11.5 Å². The number of amides is 1. The summed E-state index contributed by atoms with van der Waals surface area (Å²) in [5.41, 5.74) is 1.42. The van der Waals surface area contributed by atoms with Gasteiger partial charge < -0.3 is 19.1 Å². The van der Waals surface area contributed by atoms with E-state index >= 15 is 0 Å². The van der Waals surface area contributed by atoms with E-state index in [2.05, 4.69) is 5.10 Å². The van der Waals surface area contributed by atoms with Crippen molar-refractivity contribution in [2.75, 3.05) is 27.1 Å². The fourth-order valence-corrected chi connectivity index (χ4v) is 3.13. The molecule has 0 fully saturated rings. The maximum atomic E-state index is 14.6. The average Bonchev–Trinajstić information content (AvgIpc) is 3.42. The molecule has 0 aliphatic carbocycles. The lowest BCUT2D eigenvalue weighted by Gasteiger charge is -2.23. The van der Waals surface area contributed by atoms with Gasteiger partial charge in [-0.1, -0.05) is 6.07 Å². The van der Waals surface area contributed by atoms with Crippen molar-refractivity contribution in [2.24, 2.45) is 0 Å². The maximum Gasteiger partial charge on any atom is 0.254 e. The molecule has 0 radical (unpaired) electrons. The van der Waals surface area contributed by atoms with Crippen LogP contribution in [0.5, 0.6) is 11.5 Å². The molecule has 29 heavy (non-hydrogen) atoms. The molecular formula is C21H20FN3O4. The average molecular weight is 397 g/mol. The van der Waals surface area contributed by atoms with Crippen LogP contribution >= 0.6 is 0 Å². The van der Waals surface area contributed by atoms with Gasteiger partial charge in [0.25, 0.3) is 5.91 Å². The molecular weight excluding hydrogens is 377 g/mol. The Hall–Kier alpha value is -3.39. The van der Waals surface area contributed by atoms with Crippen molar-refractivity contribution in [3.05, 3.63) is 71.8 Å². The molecule has 1 aromatic heterocycles. The standard InChI is InChI=1S/C21H20FN3O4/c1-27-10-9-24(13-15-3-6-19-20(11-15)29-14-28-19)21(26)16-4-5-18(17(22)12-16)25-8-2-7-23-25/h2-8,11-12H,9-10,13-14H2,1H3. The van der Waals surface area contributed by atoms with Gasteiger partial charge >= 0.3 is 0 Å². The minimum atomic E-state index is -0.519. The molecule has 1 aliphatic heterocycles. The third kappa shape index (κ3) is 4.07. The van der Waals surface area contributed by atoms with Gasteiger partial charge in [-0.05, 0) is 42.0 Å². The lowest BCUT2D eigenvalue weighted by Crippen LogP contribution is -2.33. The Balaban J connectivity index is 1.56. The summed E-state index contributed by atoms with van der Waals surface area (Å²) in [5.74, 6) is 0.524. The van der Waals surface area contributed by atoms with E-state index in [1.54, 1.807) is 42.6 Å². The number of aromatic nitrogens is 2. The molecule has 7 nitrogen and oxygen atoms in total. The van der Waals surface area contributed by atoms with Crippen molar-refractivity contribution in [3.63, 3.8) is 0 Å². The van der Waals surface area contributed by atoms with Crippen molar-refractivity contribution < 1.29 is 23.4 Å². The van der Waals surface area contributed by atoms with Gasteiger partial charge in [-0.25, -0.2) is 9.07 Å². The normalized spacial score (nSPS) is 12.2. The number of fused-ring (bicyclic) bond motifs is 1. The third-order valence-corrected chi connectivity index (χ3v) is 4.61. The summed E-state index contributed by atoms with van der Waals surface area (Å²) in [6, 6.07) is 11.6. The lowest BCUT2D eigenvalue weighted by molar-refractivity contribution is 0.0679. The predicted octanol–water partition coefficient (Wildman–Crippen LogP) is 3.03. The number of methoxy groups -OCH3 is 1. The zero-order chi connectivity index (χ0) is 20.2. The van der Waals surface area contributed by atoms with Crippen LogP contribution < -0.4 is 9.47 Å². The molecule has 0 atom stereocenters. The predicted molar refractivity (Wildman–Crippen MR) is 103 cm³/mol. The number of hydrogen-bond acceptors (Lipinski definition) is 5. The van der Waals surface area contributed by atoms with Gasteiger partial charge in [0, 0.05) is 38.2 Å². The molecule has 0 saturated carbocycles. The van der Waals surface area contributed by atoms with E-state index in [4.69, 9.17) is 14.2 Å². The van der Waals surface area contributed by atoms with Crippen LogP contribution in [0.4, 0.5) is 4.39 Å². The summed E-state index contributed by atoms with van der Waals surface area (Å²) in [5, 5.41) is 4.02. The second-order valence-corrected chi connectivity index (χ2v) is 6.52. The van der Waals surface area contributed by atoms with Crippen molar-refractivity contribution in [2.45, 2.75) is 6.54 Å². The van der Waals surface area contributed by atoms with Crippen molar-refractivity contribution >= 4 is 5.91 Å². The summed E-state index contributed by atoms with van der Waals surface area (Å²) in [4.78, 5) is 14.7. The van der Waals surface area contributed by atoms with Crippen LogP contribution in [0.3, 0.4) is 0 Å². The van der Waals surface area contributed by atoms with E-state index in [9.17, 15) is 9.18 Å². The lowest BCUT2D eigenvalue weighted by atomic mass is 10.1. The van der Waals surface area contributed by atoms with Crippen LogP contribution in [0.2, 0.25) is 0 Å². The van der Waals surface area contributed by atoms with Crippen LogP contribution in [-0.4, -0.2) is 47.6 Å². The molecule has 8 heteroatoms. The quantitative estimate of drug-likeness (QED) is 0.613. The molecule has 2 heterocycles. The fourth-order valence-electron chi connectivity index (χ4n) is 3.13. The molecule has 0 unspecified atom stereocenters. The molecule has 4 rings (SSSR count). The first-order chi connectivity index (χ1) is 14.2. The first kappa shape index (κ1) is 18.9. The van der Waals surface area contributed by atoms with Crippen molar-refractivity contribution in [1.29, 1.82) is 0 Å². The fraction of sp³-hybridized carbons (Fsp3) is 0.238. The third-order valence-electron chi connectivity index (χ3n) is 4.61. The number of carbonyl (C=O) groups is 1. The first-order valence-electron chi connectivity index (χ1n) is 9.12. The molecule has 1 aliphatic rings. The first-order valence-corrected chi connectivity index (χ1v) is 9.12. The van der Waals surface area contributed by atoms with E-state index in [1.165, 1.54) is 10.7 Å². The Bertz CT molecular complexity index is 1010. The molecule has 150 valence electrons. The number of rotatable bonds is 7. The molecule has 2 aromatic carbocycles. The smallest absolute Gasteiger partial charge is 0.254 e. The van der Waals surface area contributed by atoms with Crippen LogP contribution in [0.25, 0.3) is 5.69 Å². The van der Waals surface area contributed by atoms with Gasteiger partial charge in [0.1, 0.15) is 11.5 Å². The molecule has 1 amide bonds. The summed E-state index contributed by atoms with van der Waals surface area (Å²) < 4.78 is 31.9. The number of hydrogen-bond donors (Lipinski definition) is 0. The number of nitrogens with zero attached hydrogens (tertiary/aromatic N) is 3. The van der Waals surface area contributed by atoms with Gasteiger partial charge in [-0.3, -0.25) is 4.79 Å². The zero-order valence-corrected chi connectivity index (χ0v) is 15.9. The summed E-state index contributed by atoms with van der Waals surface area (Å²) in [6.45, 7) is 1.25. The topological polar surface area (TPSA) is 65.8 Å². The SMILES string of the molecule is COCCN(Cc1ccc2c(c1)OCO2)C(=O)c1ccc(-n2cccn2)c(F)c1. The van der Waals surface area contributed by atoms with E-state index in [1.807, 2.05) is 18.2 Å². The molecule has 0 bridgehead atoms. The molecule has 3 aromatic rings. The van der Waals surface area contributed by atoms with Gasteiger partial charge in [-0.2, -0.15) is 5.10 Å². The second kappa shape index (κ2) is 8.32. The highest BCUT2D eigenvalue weighted by Gasteiger charge is 2.20. The van der Waals surface area contributed by atoms with Gasteiger partial charge in [0.05, 0.1) is 6.61 Å². The van der Waals surface area contributed by atoms with E-state index < -0.39 is 5.82 Å². The van der Waals surface area contributed by atoms with Gasteiger partial charge in [0.2, 0.25) is 6.79 Å². The highest BCUT2D eigenvalue weighted by molar-refractivity contribution is 5.94. The van der Waals surface area contributed by atoms with Crippen molar-refractivity contribution in [3.8, 4) is 17.2 Å². The summed E-state index contributed by atoms with van der Waals surface area (Å²) in [7, 11) is 1.57. The monoisotopic (exact) mass is 397 g/mol. The zero-order valence-electron chi connectivity index (χ0n) is 15.9. The number of ether oxygens (including phenoxy) is 3. The molecule has 0 spiro atoms. The number of halogens is 1. The minimum Gasteiger partial charge on any atom is -0.454 e. The van der Waals surface area contributed by atoms with Crippen LogP contribution in [0.1, 0.15) is 15.9 Å².